The van der Waals surface area contributed by atoms with Crippen molar-refractivity contribution in [1.29, 1.82) is 0 Å². The summed E-state index contributed by atoms with van der Waals surface area (Å²) in [5.74, 6) is -0.713. The van der Waals surface area contributed by atoms with Gasteiger partial charge in [-0.15, -0.1) is 0 Å². The normalized spacial score (nSPS) is 11.7. The van der Waals surface area contributed by atoms with Crippen molar-refractivity contribution >= 4 is 5.78 Å². The third-order valence-electron chi connectivity index (χ3n) is 2.86. The molecule has 0 fully saturated rings. The van der Waals surface area contributed by atoms with Gasteiger partial charge < -0.3 is 0 Å². The average Bonchev–Trinajstić information content (AvgIpc) is 2.78. The number of alkyl halides is 3. The minimum Gasteiger partial charge on any atom is -0.288 e. The largest absolute Gasteiger partial charge is 0.417 e. The number of nitrogens with zero attached hydrogens (tertiary/aromatic N) is 3. The van der Waals surface area contributed by atoms with E-state index >= 15 is 0 Å². The Labute approximate surface area is 113 Å². The Morgan fingerprint density at radius 1 is 1.35 bits per heavy atom. The lowest BCUT2D eigenvalue weighted by atomic mass is 10.00. The topological polar surface area (TPSA) is 47.8 Å². The number of aromatic nitrogens is 3. The van der Waals surface area contributed by atoms with Gasteiger partial charge in [0.15, 0.2) is 5.78 Å². The van der Waals surface area contributed by atoms with Gasteiger partial charge in [0, 0.05) is 25.6 Å². The van der Waals surface area contributed by atoms with Crippen LogP contribution in [-0.4, -0.2) is 20.5 Å². The molecule has 0 bridgehead atoms. The van der Waals surface area contributed by atoms with Crippen LogP contribution in [0.3, 0.4) is 0 Å². The molecule has 0 unspecified atom stereocenters. The maximum atomic E-state index is 12.9. The molecule has 0 atom stereocenters. The molecule has 7 heteroatoms. The maximum Gasteiger partial charge on any atom is 0.417 e. The first-order valence-electron chi connectivity index (χ1n) is 5.93. The third-order valence-corrected chi connectivity index (χ3v) is 2.86. The van der Waals surface area contributed by atoms with Crippen LogP contribution in [-0.2, 0) is 19.6 Å². The Hall–Kier alpha value is -2.18. The van der Waals surface area contributed by atoms with Crippen LogP contribution < -0.4 is 0 Å². The highest BCUT2D eigenvalue weighted by atomic mass is 19.4. The molecule has 0 radical (unpaired) electrons. The van der Waals surface area contributed by atoms with Gasteiger partial charge in [-0.2, -0.15) is 18.3 Å². The highest BCUT2D eigenvalue weighted by molar-refractivity contribution is 6.10. The van der Waals surface area contributed by atoms with Gasteiger partial charge in [-0.3, -0.25) is 14.5 Å². The Kier molecular flexibility index (Phi) is 3.61. The summed E-state index contributed by atoms with van der Waals surface area (Å²) in [6, 6.07) is 0.801. The van der Waals surface area contributed by atoms with E-state index in [0.717, 1.165) is 18.5 Å². The van der Waals surface area contributed by atoms with Crippen molar-refractivity contribution in [1.82, 2.24) is 14.8 Å². The van der Waals surface area contributed by atoms with E-state index in [2.05, 4.69) is 10.1 Å². The fourth-order valence-corrected chi connectivity index (χ4v) is 1.95. The number of carbonyl (C=O) groups is 1. The van der Waals surface area contributed by atoms with Gasteiger partial charge in [-0.25, -0.2) is 0 Å². The number of halogens is 3. The van der Waals surface area contributed by atoms with Gasteiger partial charge >= 0.3 is 6.18 Å². The Morgan fingerprint density at radius 3 is 2.65 bits per heavy atom. The molecule has 0 N–H and O–H groups in total. The molecule has 2 heterocycles. The number of carbonyl (C=O) groups excluding carboxylic acids is 1. The number of hydrogen-bond donors (Lipinski definition) is 0. The zero-order valence-corrected chi connectivity index (χ0v) is 10.9. The summed E-state index contributed by atoms with van der Waals surface area (Å²) in [6.07, 6.45) is -0.748. The molecular weight excluding hydrogens is 271 g/mol. The first-order valence-corrected chi connectivity index (χ1v) is 5.93. The summed E-state index contributed by atoms with van der Waals surface area (Å²) in [5.41, 5.74) is -0.797. The Balaban J connectivity index is 2.54. The van der Waals surface area contributed by atoms with Gasteiger partial charge in [-0.1, -0.05) is 6.92 Å². The number of rotatable bonds is 3. The maximum absolute atomic E-state index is 12.9. The van der Waals surface area contributed by atoms with Crippen LogP contribution in [0.25, 0.3) is 0 Å². The van der Waals surface area contributed by atoms with Crippen LogP contribution in [0.4, 0.5) is 13.2 Å². The van der Waals surface area contributed by atoms with Gasteiger partial charge in [0.1, 0.15) is 0 Å². The quantitative estimate of drug-likeness (QED) is 0.814. The predicted molar refractivity (Wildman–Crippen MR) is 65.3 cm³/mol. The van der Waals surface area contributed by atoms with Crippen molar-refractivity contribution in [2.75, 3.05) is 0 Å². The molecule has 0 aliphatic rings. The van der Waals surface area contributed by atoms with E-state index in [1.54, 1.807) is 14.0 Å². The fourth-order valence-electron chi connectivity index (χ4n) is 1.95. The van der Waals surface area contributed by atoms with E-state index in [0.29, 0.717) is 12.1 Å². The van der Waals surface area contributed by atoms with Crippen molar-refractivity contribution in [3.63, 3.8) is 0 Å². The lowest BCUT2D eigenvalue weighted by Gasteiger charge is -2.10. The minimum atomic E-state index is -4.59. The van der Waals surface area contributed by atoms with Crippen LogP contribution >= 0.6 is 0 Å². The molecule has 0 amide bonds. The molecule has 4 nitrogen and oxygen atoms in total. The van der Waals surface area contributed by atoms with Gasteiger partial charge in [0.2, 0.25) is 0 Å². The van der Waals surface area contributed by atoms with E-state index < -0.39 is 23.1 Å². The highest BCUT2D eigenvalue weighted by Gasteiger charge is 2.36. The summed E-state index contributed by atoms with van der Waals surface area (Å²) < 4.78 is 40.1. The van der Waals surface area contributed by atoms with E-state index in [-0.39, 0.29) is 5.56 Å². The second kappa shape index (κ2) is 5.07. The predicted octanol–water partition coefficient (Wildman–Crippen LogP) is 2.63. The van der Waals surface area contributed by atoms with Gasteiger partial charge in [0.25, 0.3) is 0 Å². The van der Waals surface area contributed by atoms with E-state index in [1.807, 2.05) is 0 Å². The van der Waals surface area contributed by atoms with Crippen LogP contribution in [0.15, 0.2) is 24.7 Å². The van der Waals surface area contributed by atoms with E-state index in [4.69, 9.17) is 0 Å². The molecule has 2 aromatic heterocycles. The number of hydrogen-bond acceptors (Lipinski definition) is 3. The average molecular weight is 283 g/mol. The fraction of sp³-hybridized carbons (Fsp3) is 0.308. The smallest absolute Gasteiger partial charge is 0.288 e. The summed E-state index contributed by atoms with van der Waals surface area (Å²) in [7, 11) is 1.61. The van der Waals surface area contributed by atoms with Crippen LogP contribution in [0, 0.1) is 0 Å². The molecule has 106 valence electrons. The lowest BCUT2D eigenvalue weighted by molar-refractivity contribution is -0.137. The second-order valence-electron chi connectivity index (χ2n) is 4.26. The van der Waals surface area contributed by atoms with Crippen molar-refractivity contribution in [3.05, 3.63) is 47.0 Å². The second-order valence-corrected chi connectivity index (χ2v) is 4.26. The zero-order valence-electron chi connectivity index (χ0n) is 10.9. The van der Waals surface area contributed by atoms with Crippen LogP contribution in [0.1, 0.15) is 34.1 Å². The molecule has 0 aromatic carbocycles. The lowest BCUT2D eigenvalue weighted by Crippen LogP contribution is -2.14. The van der Waals surface area contributed by atoms with Crippen molar-refractivity contribution < 1.29 is 18.0 Å². The molecule has 0 aliphatic carbocycles. The summed E-state index contributed by atoms with van der Waals surface area (Å²) in [6.45, 7) is 1.78. The molecule has 0 aliphatic heterocycles. The van der Waals surface area contributed by atoms with E-state index in [1.165, 1.54) is 10.9 Å². The minimum absolute atomic E-state index is 0.175. The summed E-state index contributed by atoms with van der Waals surface area (Å²) in [5, 5.41) is 4.06. The highest BCUT2D eigenvalue weighted by Crippen LogP contribution is 2.32. The number of ketones is 1. The zero-order chi connectivity index (χ0) is 14.9. The molecule has 0 spiro atoms. The number of pyridine rings is 1. The molecule has 0 saturated heterocycles. The van der Waals surface area contributed by atoms with Crippen LogP contribution in [0.2, 0.25) is 0 Å². The first-order chi connectivity index (χ1) is 9.34. The SMILES string of the molecule is CCc1nn(C)cc1C(=O)c1cnccc1C(F)(F)F. The van der Waals surface area contributed by atoms with Gasteiger partial charge in [0.05, 0.1) is 22.4 Å². The molecule has 2 rings (SSSR count). The molecule has 2 aromatic rings. The van der Waals surface area contributed by atoms with Crippen LogP contribution in [0.5, 0.6) is 0 Å². The van der Waals surface area contributed by atoms with Crippen molar-refractivity contribution in [2.24, 2.45) is 7.05 Å². The van der Waals surface area contributed by atoms with E-state index in [9.17, 15) is 18.0 Å². The Bertz CT molecular complexity index is 647. The third kappa shape index (κ3) is 2.56. The first kappa shape index (κ1) is 14.2. The standard InChI is InChI=1S/C13H12F3N3O/c1-3-11-9(7-19(2)18-11)12(20)8-6-17-5-4-10(8)13(14,15)16/h4-7H,3H2,1-2H3. The van der Waals surface area contributed by atoms with Crippen molar-refractivity contribution in [2.45, 2.75) is 19.5 Å². The monoisotopic (exact) mass is 283 g/mol. The van der Waals surface area contributed by atoms with Crippen molar-refractivity contribution in [3.8, 4) is 0 Å². The molecular formula is C13H12F3N3O. The van der Waals surface area contributed by atoms with Gasteiger partial charge in [-0.05, 0) is 12.5 Å². The Morgan fingerprint density at radius 2 is 2.05 bits per heavy atom. The summed E-state index contributed by atoms with van der Waals surface area (Å²) in [4.78, 5) is 15.9. The molecule has 0 saturated carbocycles. The number of aryl methyl sites for hydroxylation is 2. The molecule has 20 heavy (non-hydrogen) atoms. The summed E-state index contributed by atoms with van der Waals surface area (Å²) >= 11 is 0.